The highest BCUT2D eigenvalue weighted by Crippen LogP contribution is 2.42. The van der Waals surface area contributed by atoms with Crippen molar-refractivity contribution in [3.8, 4) is 11.5 Å². The second-order valence-electron chi connectivity index (χ2n) is 8.20. The Morgan fingerprint density at radius 3 is 2.74 bits per heavy atom. The van der Waals surface area contributed by atoms with E-state index in [4.69, 9.17) is 13.9 Å². The Balaban J connectivity index is 1.21. The molecule has 0 spiro atoms. The Morgan fingerprint density at radius 2 is 2.03 bits per heavy atom. The molecule has 14 heteroatoms. The van der Waals surface area contributed by atoms with E-state index in [1.807, 2.05) is 19.1 Å². The predicted molar refractivity (Wildman–Crippen MR) is 140 cm³/mol. The molecule has 2 atom stereocenters. The number of carboxylic acid groups (broad SMARTS) is 1. The number of nitrogens with one attached hydrogen (secondary N) is 1. The number of β-lactam (4-membered cyclic amide) rings is 1. The van der Waals surface area contributed by atoms with E-state index in [0.717, 1.165) is 9.35 Å². The van der Waals surface area contributed by atoms with Gasteiger partial charge in [0.2, 0.25) is 0 Å². The molecule has 11 nitrogen and oxygen atoms in total. The van der Waals surface area contributed by atoms with Crippen LogP contribution in [0.25, 0.3) is 0 Å². The molecule has 2 amide bonds. The first-order valence-electron chi connectivity index (χ1n) is 11.3. The summed E-state index contributed by atoms with van der Waals surface area (Å²) in [5.74, 6) is 0.110. The lowest BCUT2D eigenvalue weighted by Gasteiger charge is -2.49. The normalized spacial score (nSPS) is 18.6. The second kappa shape index (κ2) is 11.1. The predicted octanol–water partition coefficient (Wildman–Crippen LogP) is 3.17. The number of amides is 2. The molecule has 2 aliphatic rings. The first-order valence-corrected chi connectivity index (χ1v) is 14.2. The number of hydrogen-bond acceptors (Lipinski definition) is 11. The number of benzene rings is 1. The van der Waals surface area contributed by atoms with Crippen LogP contribution >= 0.6 is 34.9 Å². The molecule has 0 saturated carbocycles. The van der Waals surface area contributed by atoms with Crippen LogP contribution in [0.2, 0.25) is 0 Å². The third kappa shape index (κ3) is 5.24. The van der Waals surface area contributed by atoms with Gasteiger partial charge in [0, 0.05) is 11.5 Å². The van der Waals surface area contributed by atoms with Gasteiger partial charge in [-0.25, -0.2) is 4.79 Å². The number of para-hydroxylation sites is 2. The number of ether oxygens (including phenoxy) is 2. The minimum Gasteiger partial charge on any atom is -0.493 e. The number of nitrogens with zero attached hydrogens (tertiary/aromatic N) is 3. The fraction of sp³-hybridized carbons (Fsp3) is 0.292. The maximum atomic E-state index is 12.9. The number of carbonyl (C=O) groups is 3. The van der Waals surface area contributed by atoms with Crippen molar-refractivity contribution in [2.75, 3.05) is 18.6 Å². The molecule has 2 aromatic heterocycles. The van der Waals surface area contributed by atoms with Gasteiger partial charge >= 0.3 is 5.97 Å². The van der Waals surface area contributed by atoms with Crippen LogP contribution in [0, 0.1) is 6.92 Å². The number of furan rings is 1. The van der Waals surface area contributed by atoms with Gasteiger partial charge in [-0.3, -0.25) is 14.5 Å². The summed E-state index contributed by atoms with van der Waals surface area (Å²) in [4.78, 5) is 39.0. The quantitative estimate of drug-likeness (QED) is 0.272. The lowest BCUT2D eigenvalue weighted by atomic mass is 10.0. The second-order valence-corrected chi connectivity index (χ2v) is 11.7. The summed E-state index contributed by atoms with van der Waals surface area (Å²) in [5, 5.41) is 20.8. The highest BCUT2D eigenvalue weighted by Gasteiger charge is 2.54. The van der Waals surface area contributed by atoms with Gasteiger partial charge in [-0.2, -0.15) is 0 Å². The molecule has 2 N–H and O–H groups in total. The first-order chi connectivity index (χ1) is 18.4. The molecular formula is C24H22N4O7S3. The highest BCUT2D eigenvalue weighted by molar-refractivity contribution is 8.01. The van der Waals surface area contributed by atoms with Crippen LogP contribution in [0.5, 0.6) is 11.5 Å². The van der Waals surface area contributed by atoms with E-state index < -0.39 is 29.2 Å². The van der Waals surface area contributed by atoms with Crippen molar-refractivity contribution < 1.29 is 33.4 Å². The van der Waals surface area contributed by atoms with Gasteiger partial charge in [0.05, 0.1) is 7.11 Å². The monoisotopic (exact) mass is 574 g/mol. The van der Waals surface area contributed by atoms with Gasteiger partial charge in [0.15, 0.2) is 21.6 Å². The minimum absolute atomic E-state index is 0.0223. The highest BCUT2D eigenvalue weighted by atomic mass is 32.2. The molecule has 0 aliphatic carbocycles. The molecule has 1 aromatic carbocycles. The number of fused-ring (bicyclic) bond motifs is 1. The van der Waals surface area contributed by atoms with Crippen molar-refractivity contribution in [2.45, 2.75) is 29.3 Å². The zero-order valence-corrected chi connectivity index (χ0v) is 22.7. The summed E-state index contributed by atoms with van der Waals surface area (Å²) in [5.41, 5.74) is 0.590. The van der Waals surface area contributed by atoms with Gasteiger partial charge in [-0.05, 0) is 36.8 Å². The van der Waals surface area contributed by atoms with Gasteiger partial charge in [0.25, 0.3) is 11.8 Å². The number of aryl methyl sites for hydroxylation is 1. The van der Waals surface area contributed by atoms with Crippen molar-refractivity contribution in [3.05, 3.63) is 64.2 Å². The standard InChI is InChI=1S/C24H22N4O7S3/c1-12-26-27-24(38-12)37-11-13-10-36-22-18(21(30)28(22)19(13)23(31)32)25-20(29)17-8-7-14(35-17)9-34-16-6-4-3-5-15(16)33-2/h3-8,18,22H,9-11H2,1-2H3,(H,25,29)(H,31,32). The summed E-state index contributed by atoms with van der Waals surface area (Å²) in [6.07, 6.45) is 0. The Labute approximate surface area is 229 Å². The summed E-state index contributed by atoms with van der Waals surface area (Å²) in [6.45, 7) is 1.92. The molecule has 198 valence electrons. The van der Waals surface area contributed by atoms with Crippen LogP contribution in [-0.2, 0) is 16.2 Å². The molecule has 3 aromatic rings. The molecule has 4 heterocycles. The molecular weight excluding hydrogens is 552 g/mol. The van der Waals surface area contributed by atoms with E-state index in [1.54, 1.807) is 25.3 Å². The summed E-state index contributed by atoms with van der Waals surface area (Å²) >= 11 is 4.22. The lowest BCUT2D eigenvalue weighted by Crippen LogP contribution is -2.70. The molecule has 0 bridgehead atoms. The zero-order chi connectivity index (χ0) is 26.8. The van der Waals surface area contributed by atoms with Crippen molar-refractivity contribution >= 4 is 52.6 Å². The number of rotatable bonds is 10. The number of aliphatic carboxylic acids is 1. The van der Waals surface area contributed by atoms with Gasteiger partial charge in [-0.1, -0.05) is 35.2 Å². The van der Waals surface area contributed by atoms with Crippen molar-refractivity contribution in [1.82, 2.24) is 20.4 Å². The number of methoxy groups -OCH3 is 1. The van der Waals surface area contributed by atoms with Crippen molar-refractivity contribution in [3.63, 3.8) is 0 Å². The van der Waals surface area contributed by atoms with Gasteiger partial charge in [0.1, 0.15) is 34.5 Å². The smallest absolute Gasteiger partial charge is 0.352 e. The van der Waals surface area contributed by atoms with E-state index >= 15 is 0 Å². The lowest BCUT2D eigenvalue weighted by molar-refractivity contribution is -0.148. The molecule has 0 radical (unpaired) electrons. The van der Waals surface area contributed by atoms with E-state index in [9.17, 15) is 19.5 Å². The number of thioether (sulfide) groups is 2. The maximum Gasteiger partial charge on any atom is 0.352 e. The van der Waals surface area contributed by atoms with E-state index in [-0.39, 0.29) is 18.1 Å². The molecule has 1 fully saturated rings. The topological polar surface area (TPSA) is 144 Å². The largest absolute Gasteiger partial charge is 0.493 e. The number of hydrogen-bond donors (Lipinski definition) is 2. The van der Waals surface area contributed by atoms with E-state index in [0.29, 0.717) is 34.3 Å². The Bertz CT molecular complexity index is 1420. The average molecular weight is 575 g/mol. The van der Waals surface area contributed by atoms with Crippen LogP contribution in [0.1, 0.15) is 21.3 Å². The van der Waals surface area contributed by atoms with Gasteiger partial charge < -0.3 is 24.3 Å². The van der Waals surface area contributed by atoms with Gasteiger partial charge in [-0.15, -0.1) is 22.0 Å². The van der Waals surface area contributed by atoms with Crippen LogP contribution < -0.4 is 14.8 Å². The zero-order valence-electron chi connectivity index (χ0n) is 20.2. The molecule has 38 heavy (non-hydrogen) atoms. The fourth-order valence-electron chi connectivity index (χ4n) is 3.96. The number of carboxylic acids is 1. The van der Waals surface area contributed by atoms with Crippen LogP contribution in [0.4, 0.5) is 0 Å². The summed E-state index contributed by atoms with van der Waals surface area (Å²) in [6, 6.07) is 9.41. The molecule has 2 aliphatic heterocycles. The Hall–Kier alpha value is -3.49. The third-order valence-corrected chi connectivity index (χ3v) is 9.14. The molecule has 5 rings (SSSR count). The van der Waals surface area contributed by atoms with Crippen LogP contribution in [0.3, 0.4) is 0 Å². The number of aromatic nitrogens is 2. The molecule has 2 unspecified atom stereocenters. The maximum absolute atomic E-state index is 12.9. The Kier molecular flexibility index (Phi) is 7.63. The summed E-state index contributed by atoms with van der Waals surface area (Å²) < 4.78 is 17.3. The Morgan fingerprint density at radius 1 is 1.24 bits per heavy atom. The third-order valence-electron chi connectivity index (χ3n) is 5.74. The van der Waals surface area contributed by atoms with Crippen molar-refractivity contribution in [1.29, 1.82) is 0 Å². The average Bonchev–Trinajstić information content (AvgIpc) is 3.57. The van der Waals surface area contributed by atoms with Crippen LogP contribution in [-0.4, -0.2) is 68.0 Å². The SMILES string of the molecule is COc1ccccc1OCc1ccc(C(=O)NC2C(=O)N3C(C(=O)O)=C(CSc4nnc(C)s4)CSC23)o1. The van der Waals surface area contributed by atoms with Crippen molar-refractivity contribution in [2.24, 2.45) is 0 Å². The van der Waals surface area contributed by atoms with E-state index in [2.05, 4.69) is 15.5 Å². The van der Waals surface area contributed by atoms with Crippen LogP contribution in [0.15, 0.2) is 56.4 Å². The minimum atomic E-state index is -1.18. The first kappa shape index (κ1) is 26.1. The fourth-order valence-corrected chi connectivity index (χ4v) is 7.26. The molecule has 1 saturated heterocycles. The number of carbonyl (C=O) groups excluding carboxylic acids is 2. The summed E-state index contributed by atoms with van der Waals surface area (Å²) in [7, 11) is 1.54. The van der Waals surface area contributed by atoms with E-state index in [1.165, 1.54) is 45.8 Å².